The first kappa shape index (κ1) is 20.7. The van der Waals surface area contributed by atoms with E-state index in [1.807, 2.05) is 41.3 Å². The summed E-state index contributed by atoms with van der Waals surface area (Å²) in [6, 6.07) is 15.4. The Bertz CT molecular complexity index is 1050. The summed E-state index contributed by atoms with van der Waals surface area (Å²) in [5, 5.41) is 5.86. The van der Waals surface area contributed by atoms with Crippen LogP contribution in [0.2, 0.25) is 5.02 Å². The standard InChI is InChI=1S/C23H22ClN3O2S/c24-19-5-1-3-16-4-2-6-20(22(16)19)30-15-21(28)26-18-9-13-27(14-10-18)23(29)17-7-11-25-12-8-17/h1-8,11-12,18H,9-10,13-15H2,(H,26,28). The minimum absolute atomic E-state index is 0.00275. The molecule has 4 rings (SSSR count). The van der Waals surface area contributed by atoms with Crippen molar-refractivity contribution in [1.82, 2.24) is 15.2 Å². The number of rotatable bonds is 5. The Labute approximate surface area is 184 Å². The number of hydrogen-bond acceptors (Lipinski definition) is 4. The Morgan fingerprint density at radius 2 is 1.77 bits per heavy atom. The lowest BCUT2D eigenvalue weighted by molar-refractivity contribution is -0.119. The van der Waals surface area contributed by atoms with Crippen LogP contribution in [-0.2, 0) is 4.79 Å². The molecule has 2 amide bonds. The molecule has 3 aromatic rings. The van der Waals surface area contributed by atoms with E-state index in [9.17, 15) is 9.59 Å². The Hall–Kier alpha value is -2.57. The van der Waals surface area contributed by atoms with Crippen LogP contribution in [0.25, 0.3) is 10.8 Å². The van der Waals surface area contributed by atoms with Gasteiger partial charge in [0.25, 0.3) is 5.91 Å². The molecule has 0 aliphatic carbocycles. The number of nitrogens with zero attached hydrogens (tertiary/aromatic N) is 2. The molecule has 0 unspecified atom stereocenters. The van der Waals surface area contributed by atoms with Gasteiger partial charge in [0.05, 0.1) is 5.75 Å². The highest BCUT2D eigenvalue weighted by Gasteiger charge is 2.24. The quantitative estimate of drug-likeness (QED) is 0.598. The number of aromatic nitrogens is 1. The van der Waals surface area contributed by atoms with E-state index in [4.69, 9.17) is 11.6 Å². The molecule has 1 saturated heterocycles. The molecule has 154 valence electrons. The molecule has 1 fully saturated rings. The zero-order valence-corrected chi connectivity index (χ0v) is 18.0. The molecule has 1 N–H and O–H groups in total. The first-order valence-corrected chi connectivity index (χ1v) is 11.3. The van der Waals surface area contributed by atoms with E-state index in [1.54, 1.807) is 24.5 Å². The number of fused-ring (bicyclic) bond motifs is 1. The van der Waals surface area contributed by atoms with E-state index < -0.39 is 0 Å². The topological polar surface area (TPSA) is 62.3 Å². The third-order valence-corrected chi connectivity index (χ3v) is 6.62. The van der Waals surface area contributed by atoms with Gasteiger partial charge in [-0.15, -0.1) is 11.8 Å². The summed E-state index contributed by atoms with van der Waals surface area (Å²) in [6.45, 7) is 1.27. The number of amides is 2. The molecule has 0 bridgehead atoms. The maximum absolute atomic E-state index is 12.5. The fraction of sp³-hybridized carbons (Fsp3) is 0.261. The van der Waals surface area contributed by atoms with Gasteiger partial charge in [-0.3, -0.25) is 14.6 Å². The second-order valence-electron chi connectivity index (χ2n) is 7.25. The van der Waals surface area contributed by atoms with Crippen LogP contribution in [0.3, 0.4) is 0 Å². The molecule has 1 aliphatic heterocycles. The maximum Gasteiger partial charge on any atom is 0.253 e. The molecule has 5 nitrogen and oxygen atoms in total. The van der Waals surface area contributed by atoms with E-state index in [0.717, 1.165) is 28.5 Å². The molecule has 2 heterocycles. The predicted octanol–water partition coefficient (Wildman–Crippen LogP) is 4.40. The van der Waals surface area contributed by atoms with Crippen LogP contribution in [0.5, 0.6) is 0 Å². The highest BCUT2D eigenvalue weighted by molar-refractivity contribution is 8.00. The minimum Gasteiger partial charge on any atom is -0.353 e. The third kappa shape index (κ3) is 4.77. The summed E-state index contributed by atoms with van der Waals surface area (Å²) in [7, 11) is 0. The molecule has 0 radical (unpaired) electrons. The number of piperidine rings is 1. The van der Waals surface area contributed by atoms with Gasteiger partial charge in [0.2, 0.25) is 5.91 Å². The second kappa shape index (κ2) is 9.49. The highest BCUT2D eigenvalue weighted by atomic mass is 35.5. The Morgan fingerprint density at radius 1 is 1.07 bits per heavy atom. The molecule has 0 atom stereocenters. The number of hydrogen-bond donors (Lipinski definition) is 1. The Morgan fingerprint density at radius 3 is 2.50 bits per heavy atom. The van der Waals surface area contributed by atoms with Crippen molar-refractivity contribution in [2.45, 2.75) is 23.8 Å². The van der Waals surface area contributed by atoms with Crippen molar-refractivity contribution in [3.63, 3.8) is 0 Å². The third-order valence-electron chi connectivity index (χ3n) is 5.25. The summed E-state index contributed by atoms with van der Waals surface area (Å²) < 4.78 is 0. The Balaban J connectivity index is 1.28. The number of benzene rings is 2. The van der Waals surface area contributed by atoms with E-state index in [0.29, 0.717) is 29.4 Å². The second-order valence-corrected chi connectivity index (χ2v) is 8.68. The zero-order valence-electron chi connectivity index (χ0n) is 16.4. The number of carbonyl (C=O) groups is 2. The molecule has 7 heteroatoms. The lowest BCUT2D eigenvalue weighted by Crippen LogP contribution is -2.47. The fourth-order valence-corrected chi connectivity index (χ4v) is 4.96. The van der Waals surface area contributed by atoms with Gasteiger partial charge in [-0.1, -0.05) is 35.9 Å². The van der Waals surface area contributed by atoms with Crippen LogP contribution in [0.4, 0.5) is 0 Å². The predicted molar refractivity (Wildman–Crippen MR) is 121 cm³/mol. The molecule has 0 saturated carbocycles. The van der Waals surface area contributed by atoms with Crippen molar-refractivity contribution in [3.05, 3.63) is 71.5 Å². The van der Waals surface area contributed by atoms with Crippen LogP contribution in [-0.4, -0.2) is 46.6 Å². The summed E-state index contributed by atoms with van der Waals surface area (Å²) in [6.07, 6.45) is 4.77. The number of carbonyl (C=O) groups excluding carboxylic acids is 2. The molecule has 30 heavy (non-hydrogen) atoms. The molecular formula is C23H22ClN3O2S. The monoisotopic (exact) mass is 439 g/mol. The van der Waals surface area contributed by atoms with Crippen LogP contribution in [0, 0.1) is 0 Å². The molecule has 0 spiro atoms. The normalized spacial score (nSPS) is 14.6. The number of pyridine rings is 1. The van der Waals surface area contributed by atoms with Crippen molar-refractivity contribution in [2.75, 3.05) is 18.8 Å². The summed E-state index contributed by atoms with van der Waals surface area (Å²) in [4.78, 5) is 31.8. The lowest BCUT2D eigenvalue weighted by Gasteiger charge is -2.32. The SMILES string of the molecule is O=C(CSc1cccc2cccc(Cl)c12)NC1CCN(C(=O)c2ccncc2)CC1. The zero-order chi connectivity index (χ0) is 20.9. The van der Waals surface area contributed by atoms with Crippen LogP contribution >= 0.6 is 23.4 Å². The van der Waals surface area contributed by atoms with Gasteiger partial charge in [0.1, 0.15) is 0 Å². The van der Waals surface area contributed by atoms with Crippen molar-refractivity contribution >= 4 is 45.9 Å². The first-order chi connectivity index (χ1) is 14.6. The largest absolute Gasteiger partial charge is 0.353 e. The maximum atomic E-state index is 12.5. The molecule has 2 aromatic carbocycles. The van der Waals surface area contributed by atoms with E-state index in [1.165, 1.54) is 11.8 Å². The lowest BCUT2D eigenvalue weighted by atomic mass is 10.0. The van der Waals surface area contributed by atoms with Crippen molar-refractivity contribution in [2.24, 2.45) is 0 Å². The van der Waals surface area contributed by atoms with Gasteiger partial charge in [-0.25, -0.2) is 0 Å². The number of halogens is 1. The van der Waals surface area contributed by atoms with Crippen LogP contribution in [0.15, 0.2) is 65.8 Å². The van der Waals surface area contributed by atoms with Crippen LogP contribution < -0.4 is 5.32 Å². The van der Waals surface area contributed by atoms with E-state index in [2.05, 4.69) is 10.3 Å². The average Bonchev–Trinajstić information content (AvgIpc) is 2.78. The van der Waals surface area contributed by atoms with Crippen LogP contribution in [0.1, 0.15) is 23.2 Å². The average molecular weight is 440 g/mol. The smallest absolute Gasteiger partial charge is 0.253 e. The molecule has 1 aliphatic rings. The van der Waals surface area contributed by atoms with Gasteiger partial charge in [0, 0.05) is 52.4 Å². The van der Waals surface area contributed by atoms with Crippen molar-refractivity contribution < 1.29 is 9.59 Å². The summed E-state index contributed by atoms with van der Waals surface area (Å²) >= 11 is 7.86. The van der Waals surface area contributed by atoms with Gasteiger partial charge in [-0.2, -0.15) is 0 Å². The van der Waals surface area contributed by atoms with E-state index in [-0.39, 0.29) is 17.9 Å². The van der Waals surface area contributed by atoms with Gasteiger partial charge in [0.15, 0.2) is 0 Å². The minimum atomic E-state index is 0.00275. The summed E-state index contributed by atoms with van der Waals surface area (Å²) in [5.41, 5.74) is 0.651. The number of thioether (sulfide) groups is 1. The Kier molecular flexibility index (Phi) is 6.55. The number of nitrogens with one attached hydrogen (secondary N) is 1. The van der Waals surface area contributed by atoms with Gasteiger partial charge < -0.3 is 10.2 Å². The van der Waals surface area contributed by atoms with Gasteiger partial charge >= 0.3 is 0 Å². The molecule has 1 aromatic heterocycles. The fourth-order valence-electron chi connectivity index (χ4n) is 3.70. The summed E-state index contributed by atoms with van der Waals surface area (Å²) in [5.74, 6) is 0.356. The van der Waals surface area contributed by atoms with Crippen molar-refractivity contribution in [3.8, 4) is 0 Å². The van der Waals surface area contributed by atoms with Gasteiger partial charge in [-0.05, 0) is 42.5 Å². The van der Waals surface area contributed by atoms with Crippen molar-refractivity contribution in [1.29, 1.82) is 0 Å². The highest BCUT2D eigenvalue weighted by Crippen LogP contribution is 2.33. The molecular weight excluding hydrogens is 418 g/mol. The number of likely N-dealkylation sites (tertiary alicyclic amines) is 1. The first-order valence-electron chi connectivity index (χ1n) is 9.90. The van der Waals surface area contributed by atoms with E-state index >= 15 is 0 Å².